The lowest BCUT2D eigenvalue weighted by Crippen LogP contribution is -2.50. The van der Waals surface area contributed by atoms with Crippen LogP contribution in [0.5, 0.6) is 0 Å². The number of nitrogens with zero attached hydrogens (tertiary/aromatic N) is 4. The number of carbonyl (C=O) groups is 1. The molecule has 11 heteroatoms. The highest BCUT2D eigenvalue weighted by Gasteiger charge is 2.48. The van der Waals surface area contributed by atoms with Gasteiger partial charge in [-0.25, -0.2) is 4.68 Å². The third-order valence-corrected chi connectivity index (χ3v) is 9.32. The molecule has 1 fully saturated rings. The summed E-state index contributed by atoms with van der Waals surface area (Å²) in [7, 11) is 0. The second-order valence-corrected chi connectivity index (χ2v) is 11.8. The molecule has 4 heterocycles. The van der Waals surface area contributed by atoms with Crippen molar-refractivity contribution in [3.05, 3.63) is 104 Å². The van der Waals surface area contributed by atoms with Crippen molar-refractivity contribution in [3.63, 3.8) is 0 Å². The standard InChI is InChI=1S/C29H27BrF3N5OS/c30-24-25(35-38-23(29(31,32)33)18-21(34-27(24)38)22-12-7-17-40-22)28(39)37-15-13-36(14-16-37)26(19-8-3-1-4-9-19)20-10-5-2-6-11-20/h1-12,17,21,23,26,34H,13-16,18H2/t21-,23+/m1/s1. The zero-order chi connectivity index (χ0) is 27.9. The van der Waals surface area contributed by atoms with E-state index in [0.29, 0.717) is 26.2 Å². The molecule has 2 aromatic carbocycles. The summed E-state index contributed by atoms with van der Waals surface area (Å²) in [6.45, 7) is 2.12. The molecule has 4 aromatic rings. The van der Waals surface area contributed by atoms with Crippen molar-refractivity contribution in [1.82, 2.24) is 19.6 Å². The van der Waals surface area contributed by atoms with Crippen LogP contribution >= 0.6 is 27.3 Å². The van der Waals surface area contributed by atoms with Gasteiger partial charge in [-0.1, -0.05) is 66.7 Å². The number of thiophene rings is 1. The molecule has 0 spiro atoms. The summed E-state index contributed by atoms with van der Waals surface area (Å²) in [6, 6.07) is 21.8. The van der Waals surface area contributed by atoms with Gasteiger partial charge in [0.25, 0.3) is 5.91 Å². The smallest absolute Gasteiger partial charge is 0.362 e. The monoisotopic (exact) mass is 629 g/mol. The number of fused-ring (bicyclic) bond motifs is 1. The molecule has 0 saturated carbocycles. The van der Waals surface area contributed by atoms with Gasteiger partial charge in [-0.2, -0.15) is 18.3 Å². The Kier molecular flexibility index (Phi) is 7.45. The minimum Gasteiger partial charge on any atom is -0.362 e. The normalized spacial score (nSPS) is 19.9. The fourth-order valence-corrected chi connectivity index (χ4v) is 6.96. The van der Waals surface area contributed by atoms with Gasteiger partial charge in [-0.3, -0.25) is 9.69 Å². The number of carbonyl (C=O) groups excluding carboxylic acids is 1. The molecule has 208 valence electrons. The van der Waals surface area contributed by atoms with Crippen LogP contribution in [0.4, 0.5) is 19.0 Å². The van der Waals surface area contributed by atoms with Crippen LogP contribution in [0.1, 0.15) is 51.0 Å². The molecule has 0 bridgehead atoms. The number of aromatic nitrogens is 2. The first kappa shape index (κ1) is 27.0. The summed E-state index contributed by atoms with van der Waals surface area (Å²) < 4.78 is 43.6. The van der Waals surface area contributed by atoms with Crippen LogP contribution < -0.4 is 5.32 Å². The zero-order valence-electron chi connectivity index (χ0n) is 21.4. The molecule has 0 unspecified atom stereocenters. The van der Waals surface area contributed by atoms with Crippen molar-refractivity contribution in [2.75, 3.05) is 31.5 Å². The quantitative estimate of drug-likeness (QED) is 0.260. The second kappa shape index (κ2) is 11.0. The Labute approximate surface area is 242 Å². The molecule has 6 nitrogen and oxygen atoms in total. The van der Waals surface area contributed by atoms with Crippen molar-refractivity contribution in [1.29, 1.82) is 0 Å². The number of amides is 1. The van der Waals surface area contributed by atoms with Crippen molar-refractivity contribution >= 4 is 39.0 Å². The molecule has 2 atom stereocenters. The minimum absolute atomic E-state index is 0.000279. The van der Waals surface area contributed by atoms with Crippen LogP contribution in [0.25, 0.3) is 0 Å². The molecule has 1 amide bonds. The number of nitrogens with one attached hydrogen (secondary N) is 1. The number of piperazine rings is 1. The largest absolute Gasteiger partial charge is 0.410 e. The molecule has 0 radical (unpaired) electrons. The van der Waals surface area contributed by atoms with Crippen LogP contribution in [0.2, 0.25) is 0 Å². The number of hydrogen-bond acceptors (Lipinski definition) is 5. The number of benzene rings is 2. The molecular weight excluding hydrogens is 603 g/mol. The minimum atomic E-state index is -4.51. The SMILES string of the molecule is O=C(c1nn2c(c1Br)N[C@@H](c1cccs1)C[C@H]2C(F)(F)F)N1CCN(C(c2ccccc2)c2ccccc2)CC1. The van der Waals surface area contributed by atoms with E-state index in [1.807, 2.05) is 53.9 Å². The van der Waals surface area contributed by atoms with E-state index in [9.17, 15) is 18.0 Å². The van der Waals surface area contributed by atoms with E-state index in [0.717, 1.165) is 9.56 Å². The fraction of sp³-hybridized carbons (Fsp3) is 0.310. The molecule has 1 N–H and O–H groups in total. The van der Waals surface area contributed by atoms with Gasteiger partial charge in [-0.05, 0) is 38.5 Å². The first-order valence-corrected chi connectivity index (χ1v) is 14.8. The molecule has 0 aliphatic carbocycles. The predicted octanol–water partition coefficient (Wildman–Crippen LogP) is 6.91. The highest BCUT2D eigenvalue weighted by Crippen LogP contribution is 2.47. The number of hydrogen-bond donors (Lipinski definition) is 1. The Bertz CT molecular complexity index is 1410. The Balaban J connectivity index is 1.23. The van der Waals surface area contributed by atoms with E-state index in [4.69, 9.17) is 0 Å². The maximum Gasteiger partial charge on any atom is 0.410 e. The van der Waals surface area contributed by atoms with Crippen LogP contribution in [0.15, 0.2) is 82.6 Å². The lowest BCUT2D eigenvalue weighted by molar-refractivity contribution is -0.173. The maximum atomic E-state index is 14.1. The van der Waals surface area contributed by atoms with E-state index in [1.165, 1.54) is 22.5 Å². The van der Waals surface area contributed by atoms with Crippen LogP contribution in [0.3, 0.4) is 0 Å². The Morgan fingerprint density at radius 1 is 0.950 bits per heavy atom. The van der Waals surface area contributed by atoms with Gasteiger partial charge in [0.05, 0.1) is 16.6 Å². The summed E-state index contributed by atoms with van der Waals surface area (Å²) in [5, 5.41) is 9.26. The van der Waals surface area contributed by atoms with Gasteiger partial charge in [-0.15, -0.1) is 11.3 Å². The summed E-state index contributed by atoms with van der Waals surface area (Å²) in [4.78, 5) is 18.4. The number of alkyl halides is 3. The lowest BCUT2D eigenvalue weighted by Gasteiger charge is -2.39. The first-order valence-electron chi connectivity index (χ1n) is 13.1. The van der Waals surface area contributed by atoms with Gasteiger partial charge < -0.3 is 10.2 Å². The van der Waals surface area contributed by atoms with Gasteiger partial charge in [0.1, 0.15) is 5.82 Å². The van der Waals surface area contributed by atoms with Gasteiger partial charge in [0.2, 0.25) is 0 Å². The number of halogens is 4. The number of rotatable bonds is 5. The van der Waals surface area contributed by atoms with Gasteiger partial charge >= 0.3 is 6.18 Å². The van der Waals surface area contributed by atoms with Crippen LogP contribution in [-0.4, -0.2) is 57.8 Å². The first-order chi connectivity index (χ1) is 19.3. The summed E-state index contributed by atoms with van der Waals surface area (Å²) in [5.41, 5.74) is 2.34. The lowest BCUT2D eigenvalue weighted by atomic mass is 9.96. The third kappa shape index (κ3) is 5.17. The third-order valence-electron chi connectivity index (χ3n) is 7.58. The van der Waals surface area contributed by atoms with E-state index in [2.05, 4.69) is 55.5 Å². The fourth-order valence-electron chi connectivity index (χ4n) is 5.62. The van der Waals surface area contributed by atoms with Crippen molar-refractivity contribution < 1.29 is 18.0 Å². The van der Waals surface area contributed by atoms with Crippen LogP contribution in [0, 0.1) is 0 Å². The average molecular weight is 631 g/mol. The summed E-state index contributed by atoms with van der Waals surface area (Å²) in [5.74, 6) is -0.193. The van der Waals surface area contributed by atoms with E-state index < -0.39 is 18.3 Å². The van der Waals surface area contributed by atoms with Crippen molar-refractivity contribution in [2.24, 2.45) is 0 Å². The summed E-state index contributed by atoms with van der Waals surface area (Å²) in [6.07, 6.45) is -4.70. The Morgan fingerprint density at radius 3 is 2.12 bits per heavy atom. The Hall–Kier alpha value is -3.15. The molecule has 6 rings (SSSR count). The van der Waals surface area contributed by atoms with E-state index >= 15 is 0 Å². The molecular formula is C29H27BrF3N5OS. The summed E-state index contributed by atoms with van der Waals surface area (Å²) >= 11 is 4.82. The van der Waals surface area contributed by atoms with Gasteiger partial charge in [0, 0.05) is 37.5 Å². The van der Waals surface area contributed by atoms with E-state index in [-0.39, 0.29) is 34.4 Å². The molecule has 40 heavy (non-hydrogen) atoms. The molecule has 2 aliphatic rings. The average Bonchev–Trinajstić information content (AvgIpc) is 3.62. The topological polar surface area (TPSA) is 53.4 Å². The molecule has 1 saturated heterocycles. The molecule has 2 aliphatic heterocycles. The van der Waals surface area contributed by atoms with Crippen LogP contribution in [-0.2, 0) is 0 Å². The maximum absolute atomic E-state index is 14.1. The molecule has 2 aromatic heterocycles. The van der Waals surface area contributed by atoms with Crippen molar-refractivity contribution in [3.8, 4) is 0 Å². The Morgan fingerprint density at radius 2 is 1.57 bits per heavy atom. The highest BCUT2D eigenvalue weighted by atomic mass is 79.9. The highest BCUT2D eigenvalue weighted by molar-refractivity contribution is 9.10. The number of anilines is 1. The second-order valence-electron chi connectivity index (χ2n) is 10.0. The zero-order valence-corrected chi connectivity index (χ0v) is 23.8. The van der Waals surface area contributed by atoms with Gasteiger partial charge in [0.15, 0.2) is 11.7 Å². The van der Waals surface area contributed by atoms with E-state index in [1.54, 1.807) is 4.90 Å². The predicted molar refractivity (Wildman–Crippen MR) is 153 cm³/mol. The van der Waals surface area contributed by atoms with Crippen molar-refractivity contribution in [2.45, 2.75) is 30.7 Å².